The minimum atomic E-state index is -1.94. The first-order valence-electron chi connectivity index (χ1n) is 10.1. The Morgan fingerprint density at radius 3 is 2.42 bits per heavy atom. The third kappa shape index (κ3) is 3.94. The number of fused-ring (bicyclic) bond motifs is 1. The number of rotatable bonds is 7. The van der Waals surface area contributed by atoms with E-state index in [1.807, 2.05) is 25.1 Å². The number of ketones is 1. The van der Waals surface area contributed by atoms with Gasteiger partial charge in [0.2, 0.25) is 0 Å². The molecule has 0 radical (unpaired) electrons. The normalized spacial score (nSPS) is 17.5. The van der Waals surface area contributed by atoms with Crippen molar-refractivity contribution < 1.29 is 19.4 Å². The van der Waals surface area contributed by atoms with Crippen LogP contribution in [-0.4, -0.2) is 23.4 Å². The first-order chi connectivity index (χ1) is 14.9. The number of carbonyl (C=O) groups is 2. The molecule has 0 bridgehead atoms. The molecule has 3 aromatic rings. The summed E-state index contributed by atoms with van der Waals surface area (Å²) in [6.45, 7) is 2.61. The fraction of sp³-hybridized carbons (Fsp3) is 0.200. The van der Waals surface area contributed by atoms with Crippen LogP contribution in [0.4, 0.5) is 5.69 Å². The average Bonchev–Trinajstić information content (AvgIpc) is 2.98. The summed E-state index contributed by atoms with van der Waals surface area (Å²) >= 11 is 6.28. The smallest absolute Gasteiger partial charge is 0.264 e. The Morgan fingerprint density at radius 2 is 1.71 bits per heavy atom. The maximum atomic E-state index is 13.4. The summed E-state index contributed by atoms with van der Waals surface area (Å²) in [7, 11) is 0. The zero-order valence-electron chi connectivity index (χ0n) is 17.0. The fourth-order valence-corrected chi connectivity index (χ4v) is 4.07. The van der Waals surface area contributed by atoms with Crippen molar-refractivity contribution in [1.29, 1.82) is 0 Å². The number of hydrogen-bond donors (Lipinski definition) is 1. The third-order valence-electron chi connectivity index (χ3n) is 5.43. The van der Waals surface area contributed by atoms with Crippen LogP contribution in [0.3, 0.4) is 0 Å². The quantitative estimate of drug-likeness (QED) is 0.544. The van der Waals surface area contributed by atoms with E-state index in [1.165, 1.54) is 4.90 Å². The zero-order chi connectivity index (χ0) is 22.0. The van der Waals surface area contributed by atoms with E-state index in [0.717, 1.165) is 5.56 Å². The van der Waals surface area contributed by atoms with Gasteiger partial charge in [0.1, 0.15) is 5.75 Å². The second kappa shape index (κ2) is 8.53. The molecule has 0 unspecified atom stereocenters. The SMILES string of the molecule is CCOc1ccc(C(=O)C[C@]2(O)C(=O)N(Cc3ccccc3Cl)c3ccccc32)cc1. The Kier molecular flexibility index (Phi) is 5.81. The minimum absolute atomic E-state index is 0.203. The summed E-state index contributed by atoms with van der Waals surface area (Å²) in [6, 6.07) is 20.9. The van der Waals surface area contributed by atoms with E-state index in [2.05, 4.69) is 0 Å². The van der Waals surface area contributed by atoms with Crippen LogP contribution in [0.5, 0.6) is 5.75 Å². The number of carbonyl (C=O) groups excluding carboxylic acids is 2. The lowest BCUT2D eigenvalue weighted by atomic mass is 9.88. The van der Waals surface area contributed by atoms with Crippen molar-refractivity contribution in [3.05, 3.63) is 94.5 Å². The number of anilines is 1. The highest BCUT2D eigenvalue weighted by atomic mass is 35.5. The van der Waals surface area contributed by atoms with Gasteiger partial charge >= 0.3 is 0 Å². The van der Waals surface area contributed by atoms with Crippen molar-refractivity contribution >= 4 is 29.0 Å². The molecule has 0 spiro atoms. The highest BCUT2D eigenvalue weighted by Crippen LogP contribution is 2.43. The van der Waals surface area contributed by atoms with E-state index in [0.29, 0.717) is 34.2 Å². The maximum absolute atomic E-state index is 13.4. The van der Waals surface area contributed by atoms with Gasteiger partial charge in [-0.2, -0.15) is 0 Å². The molecule has 1 aliphatic rings. The average molecular weight is 436 g/mol. The zero-order valence-corrected chi connectivity index (χ0v) is 17.8. The molecule has 1 N–H and O–H groups in total. The molecular formula is C25H22ClNO4. The van der Waals surface area contributed by atoms with E-state index < -0.39 is 11.5 Å². The van der Waals surface area contributed by atoms with E-state index in [4.69, 9.17) is 16.3 Å². The minimum Gasteiger partial charge on any atom is -0.494 e. The van der Waals surface area contributed by atoms with Gasteiger partial charge in [-0.3, -0.25) is 9.59 Å². The molecular weight excluding hydrogens is 414 g/mol. The standard InChI is InChI=1S/C25H22ClNO4/c1-2-31-19-13-11-17(12-14-19)23(28)15-25(30)20-8-4-6-10-22(20)27(24(25)29)16-18-7-3-5-9-21(18)26/h3-14,30H,2,15-16H2,1H3/t25-/m1/s1. The second-order valence-electron chi connectivity index (χ2n) is 7.42. The predicted molar refractivity (Wildman–Crippen MR) is 120 cm³/mol. The molecule has 1 heterocycles. The molecule has 1 amide bonds. The molecule has 31 heavy (non-hydrogen) atoms. The van der Waals surface area contributed by atoms with Crippen LogP contribution in [0.1, 0.15) is 34.8 Å². The van der Waals surface area contributed by atoms with E-state index >= 15 is 0 Å². The van der Waals surface area contributed by atoms with Gasteiger partial charge in [0, 0.05) is 16.1 Å². The maximum Gasteiger partial charge on any atom is 0.264 e. The molecule has 0 saturated carbocycles. The number of halogens is 1. The molecule has 0 aromatic heterocycles. The highest BCUT2D eigenvalue weighted by molar-refractivity contribution is 6.31. The van der Waals surface area contributed by atoms with Gasteiger partial charge < -0.3 is 14.7 Å². The summed E-state index contributed by atoms with van der Waals surface area (Å²) < 4.78 is 5.41. The molecule has 6 heteroatoms. The molecule has 0 aliphatic carbocycles. The lowest BCUT2D eigenvalue weighted by molar-refractivity contribution is -0.136. The second-order valence-corrected chi connectivity index (χ2v) is 7.82. The first-order valence-corrected chi connectivity index (χ1v) is 10.4. The van der Waals surface area contributed by atoms with Crippen LogP contribution >= 0.6 is 11.6 Å². The van der Waals surface area contributed by atoms with Crippen molar-refractivity contribution in [1.82, 2.24) is 0 Å². The Balaban J connectivity index is 1.63. The molecule has 158 valence electrons. The van der Waals surface area contributed by atoms with Crippen molar-refractivity contribution in [2.45, 2.75) is 25.5 Å². The summed E-state index contributed by atoms with van der Waals surface area (Å²) in [4.78, 5) is 27.8. The van der Waals surface area contributed by atoms with Crippen LogP contribution in [-0.2, 0) is 16.9 Å². The van der Waals surface area contributed by atoms with Gasteiger partial charge in [-0.1, -0.05) is 48.0 Å². The molecule has 1 aliphatic heterocycles. The highest BCUT2D eigenvalue weighted by Gasteiger charge is 2.50. The lowest BCUT2D eigenvalue weighted by Gasteiger charge is -2.23. The topological polar surface area (TPSA) is 66.8 Å². The number of aliphatic hydroxyl groups is 1. The number of ether oxygens (including phenoxy) is 1. The largest absolute Gasteiger partial charge is 0.494 e. The number of amides is 1. The summed E-state index contributed by atoms with van der Waals surface area (Å²) in [6.07, 6.45) is -0.351. The van der Waals surface area contributed by atoms with Crippen molar-refractivity contribution in [3.63, 3.8) is 0 Å². The first kappa shape index (κ1) is 21.1. The van der Waals surface area contributed by atoms with Gasteiger partial charge in [-0.05, 0) is 48.9 Å². The van der Waals surface area contributed by atoms with E-state index in [1.54, 1.807) is 54.6 Å². The van der Waals surface area contributed by atoms with Crippen molar-refractivity contribution in [2.24, 2.45) is 0 Å². The predicted octanol–water partition coefficient (Wildman–Crippen LogP) is 4.75. The molecule has 3 aromatic carbocycles. The van der Waals surface area contributed by atoms with E-state index in [-0.39, 0.29) is 18.7 Å². The molecule has 1 atom stereocenters. The molecule has 5 nitrogen and oxygen atoms in total. The Bertz CT molecular complexity index is 1130. The Morgan fingerprint density at radius 1 is 1.03 bits per heavy atom. The number of nitrogens with zero attached hydrogens (tertiary/aromatic N) is 1. The van der Waals surface area contributed by atoms with Gasteiger partial charge in [0.25, 0.3) is 5.91 Å². The van der Waals surface area contributed by atoms with Crippen molar-refractivity contribution in [3.8, 4) is 5.75 Å². The number of hydrogen-bond acceptors (Lipinski definition) is 4. The molecule has 4 rings (SSSR count). The van der Waals surface area contributed by atoms with Crippen LogP contribution in [0.25, 0.3) is 0 Å². The van der Waals surface area contributed by atoms with Gasteiger partial charge in [-0.25, -0.2) is 0 Å². The van der Waals surface area contributed by atoms with Crippen molar-refractivity contribution in [2.75, 3.05) is 11.5 Å². The van der Waals surface area contributed by atoms with Gasteiger partial charge in [-0.15, -0.1) is 0 Å². The van der Waals surface area contributed by atoms with Crippen LogP contribution in [0, 0.1) is 0 Å². The number of benzene rings is 3. The fourth-order valence-electron chi connectivity index (χ4n) is 3.87. The number of para-hydroxylation sites is 1. The molecule has 0 fully saturated rings. The number of Topliss-reactive ketones (excluding diaryl/α,β-unsaturated/α-hetero) is 1. The molecule has 0 saturated heterocycles. The Hall–Kier alpha value is -3.15. The van der Waals surface area contributed by atoms with Gasteiger partial charge in [0.15, 0.2) is 11.4 Å². The van der Waals surface area contributed by atoms with E-state index in [9.17, 15) is 14.7 Å². The monoisotopic (exact) mass is 435 g/mol. The summed E-state index contributed by atoms with van der Waals surface area (Å²) in [5.41, 5.74) is 0.231. The van der Waals surface area contributed by atoms with Crippen LogP contribution in [0.2, 0.25) is 5.02 Å². The summed E-state index contributed by atoms with van der Waals surface area (Å²) in [5.74, 6) is -0.202. The third-order valence-corrected chi connectivity index (χ3v) is 5.80. The van der Waals surface area contributed by atoms with Crippen LogP contribution < -0.4 is 9.64 Å². The van der Waals surface area contributed by atoms with Gasteiger partial charge in [0.05, 0.1) is 25.3 Å². The lowest BCUT2D eigenvalue weighted by Crippen LogP contribution is -2.41. The Labute approximate surface area is 185 Å². The summed E-state index contributed by atoms with van der Waals surface area (Å²) in [5, 5.41) is 12.0. The van der Waals surface area contributed by atoms with Crippen LogP contribution in [0.15, 0.2) is 72.8 Å².